The maximum atomic E-state index is 12.2. The normalized spacial score (nSPS) is 51.6. The van der Waals surface area contributed by atoms with Gasteiger partial charge in [0, 0.05) is 0 Å². The molecule has 0 amide bonds. The Kier molecular flexibility index (Phi) is 12.5. The van der Waals surface area contributed by atoms with Crippen molar-refractivity contribution in [2.24, 2.45) is 45.3 Å². The summed E-state index contributed by atoms with van der Waals surface area (Å²) in [5, 5.41) is 95.7. The van der Waals surface area contributed by atoms with E-state index >= 15 is 0 Å². The molecular formula is C42H72O13. The van der Waals surface area contributed by atoms with Gasteiger partial charge in [-0.1, -0.05) is 46.3 Å². The predicted octanol–water partition coefficient (Wildman–Crippen LogP) is 2.15. The van der Waals surface area contributed by atoms with Gasteiger partial charge in [0.1, 0.15) is 48.8 Å². The standard InChI is InChI=1S/C42H72O13/c1-21(10-9-14-38(2,3)51)22-11-16-42(8)29(22)23(45)18-27-40(6)15-13-28(39(4,5)26(40)12-17-41(27,42)7)54-37-35(33(49)31(47)25(20-44)53-37)55-36-34(50)32(48)30(46)24(19-43)52-36/h10,22-37,43-51H,9,11-20H2,1-8H3/b21-10+/t22-,23-,24-,25-,26+,27-,28+,29+,30-,31-,32+,33+,34-,35-,36+,37+,40+,41-,42-/m1/s1. The first kappa shape index (κ1) is 43.8. The molecule has 318 valence electrons. The van der Waals surface area contributed by atoms with E-state index in [1.807, 2.05) is 13.8 Å². The molecule has 2 aliphatic heterocycles. The van der Waals surface area contributed by atoms with Crippen molar-refractivity contribution >= 4 is 0 Å². The van der Waals surface area contributed by atoms with Crippen molar-refractivity contribution in [3.8, 4) is 0 Å². The lowest BCUT2D eigenvalue weighted by molar-refractivity contribution is -0.378. The maximum absolute atomic E-state index is 12.2. The summed E-state index contributed by atoms with van der Waals surface area (Å²) in [5.74, 6) is 0.973. The van der Waals surface area contributed by atoms with Gasteiger partial charge >= 0.3 is 0 Å². The van der Waals surface area contributed by atoms with E-state index in [0.29, 0.717) is 18.8 Å². The Morgan fingerprint density at radius 1 is 0.727 bits per heavy atom. The molecule has 2 heterocycles. The van der Waals surface area contributed by atoms with Crippen molar-refractivity contribution in [3.63, 3.8) is 0 Å². The second-order valence-electron chi connectivity index (χ2n) is 20.2. The van der Waals surface area contributed by atoms with Gasteiger partial charge in [-0.15, -0.1) is 0 Å². The van der Waals surface area contributed by atoms with E-state index in [1.165, 1.54) is 5.57 Å². The third-order valence-electron chi connectivity index (χ3n) is 16.4. The number of aliphatic hydroxyl groups is 9. The first-order valence-corrected chi connectivity index (χ1v) is 20.9. The Morgan fingerprint density at radius 3 is 1.95 bits per heavy atom. The van der Waals surface area contributed by atoms with Crippen LogP contribution in [0.25, 0.3) is 0 Å². The lowest BCUT2D eigenvalue weighted by Crippen LogP contribution is -2.67. The van der Waals surface area contributed by atoms with Crippen LogP contribution < -0.4 is 0 Å². The summed E-state index contributed by atoms with van der Waals surface area (Å²) in [6.07, 6.45) is -5.75. The Balaban J connectivity index is 1.22. The molecule has 2 saturated heterocycles. The number of hydrogen-bond acceptors (Lipinski definition) is 13. The molecule has 0 radical (unpaired) electrons. The molecule has 6 aliphatic rings. The summed E-state index contributed by atoms with van der Waals surface area (Å²) in [7, 11) is 0. The Morgan fingerprint density at radius 2 is 1.33 bits per heavy atom. The molecule has 0 bridgehead atoms. The van der Waals surface area contributed by atoms with Crippen molar-refractivity contribution in [2.45, 2.75) is 192 Å². The van der Waals surface area contributed by atoms with Gasteiger partial charge in [-0.3, -0.25) is 0 Å². The van der Waals surface area contributed by atoms with Crippen LogP contribution in [-0.2, 0) is 18.9 Å². The summed E-state index contributed by atoms with van der Waals surface area (Å²) in [6.45, 7) is 16.4. The van der Waals surface area contributed by atoms with Gasteiger partial charge in [0.2, 0.25) is 0 Å². The Bertz CT molecular complexity index is 1370. The average Bonchev–Trinajstić information content (AvgIpc) is 3.49. The molecule has 4 aliphatic carbocycles. The van der Waals surface area contributed by atoms with Gasteiger partial charge in [0.05, 0.1) is 31.0 Å². The van der Waals surface area contributed by atoms with E-state index in [4.69, 9.17) is 18.9 Å². The van der Waals surface area contributed by atoms with Crippen molar-refractivity contribution in [3.05, 3.63) is 11.6 Å². The van der Waals surface area contributed by atoms with Crippen molar-refractivity contribution in [1.29, 1.82) is 0 Å². The monoisotopic (exact) mass is 784 g/mol. The highest BCUT2D eigenvalue weighted by Crippen LogP contribution is 2.75. The summed E-state index contributed by atoms with van der Waals surface area (Å²) in [4.78, 5) is 0. The summed E-state index contributed by atoms with van der Waals surface area (Å²) >= 11 is 0. The highest BCUT2D eigenvalue weighted by Gasteiger charge is 2.70. The van der Waals surface area contributed by atoms with E-state index < -0.39 is 97.8 Å². The minimum atomic E-state index is -1.75. The van der Waals surface area contributed by atoms with Gasteiger partial charge in [-0.25, -0.2) is 0 Å². The molecule has 0 aromatic heterocycles. The first-order chi connectivity index (χ1) is 25.6. The van der Waals surface area contributed by atoms with Gasteiger partial charge < -0.3 is 64.9 Å². The van der Waals surface area contributed by atoms with E-state index in [1.54, 1.807) is 0 Å². The number of allylic oxidation sites excluding steroid dienone is 2. The Labute approximate surface area is 327 Å². The molecule has 13 nitrogen and oxygen atoms in total. The third-order valence-corrected chi connectivity index (χ3v) is 16.4. The van der Waals surface area contributed by atoms with Crippen molar-refractivity contribution < 1.29 is 64.9 Å². The van der Waals surface area contributed by atoms with Crippen LogP contribution in [0.2, 0.25) is 0 Å². The van der Waals surface area contributed by atoms with Crippen molar-refractivity contribution in [1.82, 2.24) is 0 Å². The van der Waals surface area contributed by atoms with Crippen LogP contribution in [0.15, 0.2) is 11.6 Å². The molecule has 4 saturated carbocycles. The summed E-state index contributed by atoms with van der Waals surface area (Å²) in [6, 6.07) is 0. The van der Waals surface area contributed by atoms with Crippen LogP contribution in [-0.4, -0.2) is 138 Å². The van der Waals surface area contributed by atoms with E-state index in [9.17, 15) is 46.0 Å². The topological polar surface area (TPSA) is 219 Å². The molecule has 6 fully saturated rings. The van der Waals surface area contributed by atoms with Crippen LogP contribution in [0.4, 0.5) is 0 Å². The quantitative estimate of drug-likeness (QED) is 0.115. The zero-order valence-corrected chi connectivity index (χ0v) is 34.3. The lowest BCUT2D eigenvalue weighted by Gasteiger charge is -2.70. The van der Waals surface area contributed by atoms with Gasteiger partial charge in [0.25, 0.3) is 0 Å². The second-order valence-corrected chi connectivity index (χ2v) is 20.2. The van der Waals surface area contributed by atoms with E-state index in [-0.39, 0.29) is 34.0 Å². The number of ether oxygens (including phenoxy) is 4. The molecule has 0 aromatic carbocycles. The van der Waals surface area contributed by atoms with Crippen LogP contribution in [0.1, 0.15) is 113 Å². The summed E-state index contributed by atoms with van der Waals surface area (Å²) < 4.78 is 24.4. The molecule has 0 spiro atoms. The van der Waals surface area contributed by atoms with E-state index in [2.05, 4.69) is 47.6 Å². The average molecular weight is 785 g/mol. The predicted molar refractivity (Wildman–Crippen MR) is 201 cm³/mol. The minimum Gasteiger partial charge on any atom is -0.394 e. The van der Waals surface area contributed by atoms with Crippen molar-refractivity contribution in [2.75, 3.05) is 13.2 Å². The number of hydrogen-bond donors (Lipinski definition) is 9. The van der Waals surface area contributed by atoms with Crippen LogP contribution in [0.5, 0.6) is 0 Å². The molecule has 0 unspecified atom stereocenters. The molecule has 13 heteroatoms. The maximum Gasteiger partial charge on any atom is 0.187 e. The fourth-order valence-electron chi connectivity index (χ4n) is 13.1. The zero-order chi connectivity index (χ0) is 40.6. The van der Waals surface area contributed by atoms with Gasteiger partial charge in [-0.2, -0.15) is 0 Å². The lowest BCUT2D eigenvalue weighted by atomic mass is 9.35. The smallest absolute Gasteiger partial charge is 0.187 e. The van der Waals surface area contributed by atoms with Crippen LogP contribution in [0.3, 0.4) is 0 Å². The number of fused-ring (bicyclic) bond motifs is 5. The largest absolute Gasteiger partial charge is 0.394 e. The molecule has 55 heavy (non-hydrogen) atoms. The second kappa shape index (κ2) is 15.7. The SMILES string of the molecule is C/C(=C\CCC(C)(C)O)[C@H]1CC[C@]2(C)[C@@H]1[C@H](O)C[C@@H]1[C@@]3(C)CC[C@H](O[C@@H]4O[C@H](CO)[C@@H](O)[C@H](O)[C@H]4O[C@@H]4O[C@H](CO)[C@@H](O)[C@H](O)[C@H]4O)C(C)(C)[C@@H]3CC[C@]12C. The molecule has 9 N–H and O–H groups in total. The third kappa shape index (κ3) is 7.42. The van der Waals surface area contributed by atoms with Crippen LogP contribution >= 0.6 is 0 Å². The Hall–Kier alpha value is -0.780. The number of rotatable bonds is 10. The minimum absolute atomic E-state index is 0.0133. The highest BCUT2D eigenvalue weighted by molar-refractivity contribution is 5.22. The molecule has 0 aromatic rings. The fraction of sp³-hybridized carbons (Fsp3) is 0.952. The van der Waals surface area contributed by atoms with Gasteiger partial charge in [0.15, 0.2) is 12.6 Å². The molecule has 19 atom stereocenters. The fourth-order valence-corrected chi connectivity index (χ4v) is 13.1. The van der Waals surface area contributed by atoms with Gasteiger partial charge in [-0.05, 0) is 124 Å². The zero-order valence-electron chi connectivity index (χ0n) is 34.3. The highest BCUT2D eigenvalue weighted by atomic mass is 16.8. The van der Waals surface area contributed by atoms with Crippen LogP contribution in [0, 0.1) is 45.3 Å². The summed E-state index contributed by atoms with van der Waals surface area (Å²) in [5.41, 5.74) is 0.0670. The van der Waals surface area contributed by atoms with E-state index in [0.717, 1.165) is 44.9 Å². The molecule has 6 rings (SSSR count). The number of aliphatic hydroxyl groups excluding tert-OH is 8. The first-order valence-electron chi connectivity index (χ1n) is 20.9. The molecular weight excluding hydrogens is 712 g/mol.